The zero-order valence-electron chi connectivity index (χ0n) is 21.9. The van der Waals surface area contributed by atoms with Gasteiger partial charge in [0.15, 0.2) is 0 Å². The van der Waals surface area contributed by atoms with Gasteiger partial charge in [0, 0.05) is 22.7 Å². The minimum Gasteiger partial charge on any atom is -0.480 e. The topological polar surface area (TPSA) is 69.6 Å². The Morgan fingerprint density at radius 3 is 2.31 bits per heavy atom. The number of aliphatic carboxylic acids is 1. The molecule has 0 radical (unpaired) electrons. The van der Waals surface area contributed by atoms with Gasteiger partial charge in [-0.25, -0.2) is 4.79 Å². The molecule has 0 heterocycles. The number of benzene rings is 2. The number of hydrogen-bond acceptors (Lipinski definition) is 3. The van der Waals surface area contributed by atoms with Crippen molar-refractivity contribution in [3.8, 4) is 0 Å². The Balaban J connectivity index is 1.81. The highest BCUT2D eigenvalue weighted by Crippen LogP contribution is 2.37. The molecule has 0 saturated carbocycles. The van der Waals surface area contributed by atoms with Crippen molar-refractivity contribution in [2.45, 2.75) is 101 Å². The highest BCUT2D eigenvalue weighted by atomic mass is 32.2. The van der Waals surface area contributed by atoms with Crippen LogP contribution < -0.4 is 5.32 Å². The molecule has 0 aromatic heterocycles. The van der Waals surface area contributed by atoms with Crippen LogP contribution in [-0.2, 0) is 17.6 Å². The molecule has 0 aliphatic heterocycles. The molecule has 0 saturated heterocycles. The molecular formula is C29H40N2O3S. The average Bonchev–Trinajstić information content (AvgIpc) is 3.21. The van der Waals surface area contributed by atoms with E-state index in [9.17, 15) is 14.7 Å². The maximum Gasteiger partial charge on any atom is 0.322 e. The lowest BCUT2D eigenvalue weighted by Gasteiger charge is -2.36. The number of carbonyl (C=O) groups is 2. The third-order valence-corrected chi connectivity index (χ3v) is 8.09. The second-order valence-corrected chi connectivity index (χ2v) is 12.1. The molecule has 6 heteroatoms. The van der Waals surface area contributed by atoms with Crippen molar-refractivity contribution in [2.75, 3.05) is 5.32 Å². The van der Waals surface area contributed by atoms with Gasteiger partial charge < -0.3 is 15.3 Å². The smallest absolute Gasteiger partial charge is 0.322 e. The van der Waals surface area contributed by atoms with E-state index in [1.165, 1.54) is 28.5 Å². The molecule has 2 aromatic carbocycles. The number of fused-ring (bicyclic) bond motifs is 1. The van der Waals surface area contributed by atoms with Gasteiger partial charge in [0.05, 0.1) is 0 Å². The molecule has 2 unspecified atom stereocenters. The Hall–Kier alpha value is -2.47. The van der Waals surface area contributed by atoms with Crippen molar-refractivity contribution in [3.05, 3.63) is 59.2 Å². The van der Waals surface area contributed by atoms with E-state index in [2.05, 4.69) is 62.2 Å². The van der Waals surface area contributed by atoms with E-state index in [0.29, 0.717) is 5.92 Å². The molecule has 5 nitrogen and oxygen atoms in total. The third-order valence-electron chi connectivity index (χ3n) is 6.92. The molecule has 1 aliphatic carbocycles. The SMILES string of the molecule is CCCC(CC)N(C(=O)Nc1ccc(C(C)C)cc1)C1Cc2ccc(SC(C)(C)C(=O)O)cc2C1. The normalized spacial score (nSPS) is 16.1. The van der Waals surface area contributed by atoms with Gasteiger partial charge in [-0.15, -0.1) is 11.8 Å². The summed E-state index contributed by atoms with van der Waals surface area (Å²) < 4.78 is -0.891. The van der Waals surface area contributed by atoms with Gasteiger partial charge in [0.2, 0.25) is 0 Å². The fourth-order valence-corrected chi connectivity index (χ4v) is 5.83. The summed E-state index contributed by atoms with van der Waals surface area (Å²) in [6.07, 6.45) is 4.51. The average molecular weight is 497 g/mol. The van der Waals surface area contributed by atoms with Gasteiger partial charge in [-0.2, -0.15) is 0 Å². The van der Waals surface area contributed by atoms with E-state index in [1.54, 1.807) is 13.8 Å². The predicted octanol–water partition coefficient (Wildman–Crippen LogP) is 7.35. The van der Waals surface area contributed by atoms with Crippen molar-refractivity contribution >= 4 is 29.4 Å². The number of hydrogen-bond donors (Lipinski definition) is 2. The molecule has 0 spiro atoms. The van der Waals surface area contributed by atoms with Crippen molar-refractivity contribution < 1.29 is 14.7 Å². The number of carboxylic acid groups (broad SMARTS) is 1. The van der Waals surface area contributed by atoms with Gasteiger partial charge in [-0.3, -0.25) is 4.79 Å². The highest BCUT2D eigenvalue weighted by Gasteiger charge is 2.35. The summed E-state index contributed by atoms with van der Waals surface area (Å²) in [5.74, 6) is -0.373. The molecule has 2 amide bonds. The Labute approximate surface area is 214 Å². The summed E-state index contributed by atoms with van der Waals surface area (Å²) in [4.78, 5) is 28.2. The van der Waals surface area contributed by atoms with Crippen LogP contribution in [0.4, 0.5) is 10.5 Å². The molecule has 3 rings (SSSR count). The molecule has 35 heavy (non-hydrogen) atoms. The summed E-state index contributed by atoms with van der Waals surface area (Å²) in [7, 11) is 0. The lowest BCUT2D eigenvalue weighted by atomic mass is 10.0. The number of rotatable bonds is 10. The lowest BCUT2D eigenvalue weighted by Crippen LogP contribution is -2.49. The predicted molar refractivity (Wildman–Crippen MR) is 146 cm³/mol. The monoisotopic (exact) mass is 496 g/mol. The van der Waals surface area contributed by atoms with Crippen molar-refractivity contribution in [3.63, 3.8) is 0 Å². The molecule has 190 valence electrons. The van der Waals surface area contributed by atoms with E-state index in [-0.39, 0.29) is 18.1 Å². The van der Waals surface area contributed by atoms with Crippen LogP contribution in [-0.4, -0.2) is 38.8 Å². The number of carboxylic acids is 1. The van der Waals surface area contributed by atoms with Gasteiger partial charge >= 0.3 is 12.0 Å². The Morgan fingerprint density at radius 1 is 1.09 bits per heavy atom. The quantitative estimate of drug-likeness (QED) is 0.338. The number of carbonyl (C=O) groups excluding carboxylic acids is 1. The van der Waals surface area contributed by atoms with Crippen LogP contribution in [0.5, 0.6) is 0 Å². The Morgan fingerprint density at radius 2 is 1.74 bits per heavy atom. The Bertz CT molecular complexity index is 1030. The standard InChI is InChI=1S/C29H40N2O3S/c1-7-9-24(8-2)31(28(34)30-23-13-10-20(11-14-23)19(3)4)25-16-21-12-15-26(18-22(21)17-25)35-29(5,6)27(32)33/h10-15,18-19,24-25H,7-9,16-17H2,1-6H3,(H,30,34)(H,32,33). The molecule has 0 bridgehead atoms. The van der Waals surface area contributed by atoms with Crippen molar-refractivity contribution in [1.82, 2.24) is 4.90 Å². The zero-order chi connectivity index (χ0) is 25.8. The van der Waals surface area contributed by atoms with Gasteiger partial charge in [-0.05, 0) is 86.4 Å². The largest absolute Gasteiger partial charge is 0.480 e. The molecule has 1 aliphatic rings. The first-order valence-electron chi connectivity index (χ1n) is 12.8. The number of thioether (sulfide) groups is 1. The Kier molecular flexibility index (Phi) is 8.92. The van der Waals surface area contributed by atoms with Gasteiger partial charge in [0.1, 0.15) is 4.75 Å². The fraction of sp³-hybridized carbons (Fsp3) is 0.517. The minimum absolute atomic E-state index is 0.0398. The van der Waals surface area contributed by atoms with Crippen LogP contribution >= 0.6 is 11.8 Å². The lowest BCUT2D eigenvalue weighted by molar-refractivity contribution is -0.138. The fourth-order valence-electron chi connectivity index (χ4n) is 4.81. The molecular weight excluding hydrogens is 456 g/mol. The van der Waals surface area contributed by atoms with E-state index >= 15 is 0 Å². The van der Waals surface area contributed by atoms with Crippen LogP contribution in [0.3, 0.4) is 0 Å². The first-order valence-corrected chi connectivity index (χ1v) is 13.6. The van der Waals surface area contributed by atoms with Gasteiger partial charge in [0.25, 0.3) is 0 Å². The van der Waals surface area contributed by atoms with Crippen molar-refractivity contribution in [2.24, 2.45) is 0 Å². The van der Waals surface area contributed by atoms with E-state index < -0.39 is 10.7 Å². The first kappa shape index (κ1) is 27.1. The first-order chi connectivity index (χ1) is 16.6. The molecule has 2 aromatic rings. The van der Waals surface area contributed by atoms with E-state index in [0.717, 1.165) is 42.7 Å². The van der Waals surface area contributed by atoms with Gasteiger partial charge in [-0.1, -0.05) is 52.3 Å². The summed E-state index contributed by atoms with van der Waals surface area (Å²) in [5.41, 5.74) is 4.54. The maximum absolute atomic E-state index is 13.6. The number of nitrogens with zero attached hydrogens (tertiary/aromatic N) is 1. The molecule has 0 fully saturated rings. The molecule has 2 atom stereocenters. The summed E-state index contributed by atoms with van der Waals surface area (Å²) in [6.45, 7) is 12.1. The van der Waals surface area contributed by atoms with Crippen LogP contribution in [0.15, 0.2) is 47.4 Å². The zero-order valence-corrected chi connectivity index (χ0v) is 22.7. The number of nitrogens with one attached hydrogen (secondary N) is 1. The summed E-state index contributed by atoms with van der Waals surface area (Å²) in [6, 6.07) is 14.6. The summed E-state index contributed by atoms with van der Waals surface area (Å²) >= 11 is 1.37. The number of amides is 2. The minimum atomic E-state index is -0.891. The highest BCUT2D eigenvalue weighted by molar-refractivity contribution is 8.01. The second kappa shape index (κ2) is 11.5. The van der Waals surface area contributed by atoms with Crippen molar-refractivity contribution in [1.29, 1.82) is 0 Å². The number of anilines is 1. The second-order valence-electron chi connectivity index (χ2n) is 10.4. The number of urea groups is 1. The summed E-state index contributed by atoms with van der Waals surface area (Å²) in [5, 5.41) is 12.7. The third kappa shape index (κ3) is 6.60. The van der Waals surface area contributed by atoms with Crippen LogP contribution in [0.1, 0.15) is 83.4 Å². The van der Waals surface area contributed by atoms with Crippen LogP contribution in [0, 0.1) is 0 Å². The van der Waals surface area contributed by atoms with E-state index in [4.69, 9.17) is 0 Å². The van der Waals surface area contributed by atoms with Crippen LogP contribution in [0.2, 0.25) is 0 Å². The van der Waals surface area contributed by atoms with E-state index in [1.807, 2.05) is 18.2 Å². The van der Waals surface area contributed by atoms with Crippen LogP contribution in [0.25, 0.3) is 0 Å². The molecule has 2 N–H and O–H groups in total. The maximum atomic E-state index is 13.6.